The summed E-state index contributed by atoms with van der Waals surface area (Å²) in [7, 11) is 0. The summed E-state index contributed by atoms with van der Waals surface area (Å²) in [5, 5.41) is 0. The number of ether oxygens (including phenoxy) is 1. The maximum Gasteiger partial charge on any atom is 0.125 e. The Morgan fingerprint density at radius 1 is 0.789 bits per heavy atom. The third-order valence-corrected chi connectivity index (χ3v) is 3.65. The Balaban J connectivity index is 2.05. The number of unbranched alkanes of at least 4 members (excludes halogenated alkanes) is 7. The fourth-order valence-corrected chi connectivity index (χ4v) is 2.44. The first-order valence-electron chi connectivity index (χ1n) is 7.94. The highest BCUT2D eigenvalue weighted by atomic mass is 16.5. The number of hydrogen-bond donors (Lipinski definition) is 0. The molecule has 0 spiro atoms. The van der Waals surface area contributed by atoms with Crippen molar-refractivity contribution in [3.05, 3.63) is 29.3 Å². The van der Waals surface area contributed by atoms with Crippen LogP contribution in [0.5, 0.6) is 5.75 Å². The molecule has 0 unspecified atom stereocenters. The summed E-state index contributed by atoms with van der Waals surface area (Å²) in [6.07, 6.45) is 10.8. The third kappa shape index (κ3) is 6.66. The van der Waals surface area contributed by atoms with Crippen LogP contribution in [0.2, 0.25) is 0 Å². The summed E-state index contributed by atoms with van der Waals surface area (Å²) < 4.78 is 5.91. The third-order valence-electron chi connectivity index (χ3n) is 3.65. The van der Waals surface area contributed by atoms with Crippen molar-refractivity contribution in [1.82, 2.24) is 0 Å². The maximum atomic E-state index is 5.91. The van der Waals surface area contributed by atoms with Crippen LogP contribution in [0.4, 0.5) is 0 Å². The molecule has 0 radical (unpaired) electrons. The number of para-hydroxylation sites is 1. The van der Waals surface area contributed by atoms with Crippen LogP contribution in [0.15, 0.2) is 18.2 Å². The molecule has 0 aromatic heterocycles. The van der Waals surface area contributed by atoms with Crippen LogP contribution in [-0.4, -0.2) is 6.61 Å². The highest BCUT2D eigenvalue weighted by Gasteiger charge is 2.02. The van der Waals surface area contributed by atoms with Gasteiger partial charge in [0.25, 0.3) is 0 Å². The maximum absolute atomic E-state index is 5.91. The topological polar surface area (TPSA) is 9.23 Å². The average molecular weight is 262 g/mol. The Bertz CT molecular complexity index is 323. The second kappa shape index (κ2) is 9.89. The minimum atomic E-state index is 0.862. The van der Waals surface area contributed by atoms with Gasteiger partial charge in [-0.2, -0.15) is 0 Å². The molecular formula is C18H30O. The lowest BCUT2D eigenvalue weighted by atomic mass is 10.1. The molecule has 1 heteroatoms. The van der Waals surface area contributed by atoms with Gasteiger partial charge < -0.3 is 4.74 Å². The van der Waals surface area contributed by atoms with Crippen LogP contribution in [-0.2, 0) is 0 Å². The van der Waals surface area contributed by atoms with Crippen LogP contribution < -0.4 is 4.74 Å². The van der Waals surface area contributed by atoms with E-state index in [4.69, 9.17) is 4.74 Å². The van der Waals surface area contributed by atoms with Crippen LogP contribution in [0.1, 0.15) is 69.4 Å². The van der Waals surface area contributed by atoms with Gasteiger partial charge in [0, 0.05) is 0 Å². The van der Waals surface area contributed by atoms with Gasteiger partial charge in [0.15, 0.2) is 0 Å². The van der Waals surface area contributed by atoms with Crippen molar-refractivity contribution in [2.75, 3.05) is 6.61 Å². The van der Waals surface area contributed by atoms with Crippen molar-refractivity contribution in [3.8, 4) is 5.75 Å². The van der Waals surface area contributed by atoms with Crippen LogP contribution in [0.3, 0.4) is 0 Å². The van der Waals surface area contributed by atoms with Crippen LogP contribution >= 0.6 is 0 Å². The SMILES string of the molecule is CCCCCCCCCCOc1c(C)cccc1C. The average Bonchev–Trinajstić information content (AvgIpc) is 2.40. The van der Waals surface area contributed by atoms with Gasteiger partial charge in [-0.1, -0.05) is 70.1 Å². The van der Waals surface area contributed by atoms with Crippen molar-refractivity contribution in [2.24, 2.45) is 0 Å². The second-order valence-electron chi connectivity index (χ2n) is 5.54. The monoisotopic (exact) mass is 262 g/mol. The first-order valence-corrected chi connectivity index (χ1v) is 7.94. The van der Waals surface area contributed by atoms with Gasteiger partial charge in [-0.25, -0.2) is 0 Å². The van der Waals surface area contributed by atoms with E-state index in [1.807, 2.05) is 0 Å². The Morgan fingerprint density at radius 3 is 1.89 bits per heavy atom. The van der Waals surface area contributed by atoms with Crippen molar-refractivity contribution in [3.63, 3.8) is 0 Å². The lowest BCUT2D eigenvalue weighted by Crippen LogP contribution is -2.00. The molecule has 0 atom stereocenters. The van der Waals surface area contributed by atoms with Crippen molar-refractivity contribution >= 4 is 0 Å². The zero-order valence-corrected chi connectivity index (χ0v) is 13.0. The van der Waals surface area contributed by atoms with Gasteiger partial charge in [0.1, 0.15) is 5.75 Å². The number of rotatable bonds is 10. The van der Waals surface area contributed by atoms with Crippen molar-refractivity contribution in [1.29, 1.82) is 0 Å². The fourth-order valence-electron chi connectivity index (χ4n) is 2.44. The van der Waals surface area contributed by atoms with E-state index in [2.05, 4.69) is 39.0 Å². The standard InChI is InChI=1S/C18H30O/c1-4-5-6-7-8-9-10-11-15-19-18-16(2)13-12-14-17(18)3/h12-14H,4-11,15H2,1-3H3. The molecule has 0 fully saturated rings. The van der Waals surface area contributed by atoms with Gasteiger partial charge in [-0.05, 0) is 31.4 Å². The molecule has 0 saturated heterocycles. The van der Waals surface area contributed by atoms with Gasteiger partial charge in [0.05, 0.1) is 6.61 Å². The zero-order chi connectivity index (χ0) is 13.9. The van der Waals surface area contributed by atoms with Gasteiger partial charge >= 0.3 is 0 Å². The number of benzene rings is 1. The van der Waals surface area contributed by atoms with Crippen LogP contribution in [0.25, 0.3) is 0 Å². The smallest absolute Gasteiger partial charge is 0.125 e. The highest BCUT2D eigenvalue weighted by Crippen LogP contribution is 2.22. The molecule has 1 nitrogen and oxygen atoms in total. The van der Waals surface area contributed by atoms with Crippen LogP contribution in [0, 0.1) is 13.8 Å². The van der Waals surface area contributed by atoms with E-state index in [1.54, 1.807) is 0 Å². The normalized spacial score (nSPS) is 10.7. The highest BCUT2D eigenvalue weighted by molar-refractivity contribution is 5.39. The molecule has 0 aliphatic heterocycles. The predicted molar refractivity (Wildman–Crippen MR) is 84.0 cm³/mol. The molecular weight excluding hydrogens is 232 g/mol. The minimum absolute atomic E-state index is 0.862. The molecule has 19 heavy (non-hydrogen) atoms. The molecule has 1 aromatic rings. The lowest BCUT2D eigenvalue weighted by molar-refractivity contribution is 0.300. The van der Waals surface area contributed by atoms with E-state index in [9.17, 15) is 0 Å². The van der Waals surface area contributed by atoms with E-state index in [0.29, 0.717) is 0 Å². The predicted octanol–water partition coefficient (Wildman–Crippen LogP) is 5.82. The quantitative estimate of drug-likeness (QED) is 0.482. The van der Waals surface area contributed by atoms with E-state index in [1.165, 1.54) is 62.5 Å². The molecule has 1 aromatic carbocycles. The summed E-state index contributed by atoms with van der Waals surface area (Å²) in [5.74, 6) is 1.09. The first kappa shape index (κ1) is 16.1. The molecule has 108 valence electrons. The van der Waals surface area contributed by atoms with Crippen molar-refractivity contribution < 1.29 is 4.74 Å². The second-order valence-corrected chi connectivity index (χ2v) is 5.54. The number of aryl methyl sites for hydroxylation is 2. The molecule has 0 aliphatic rings. The Labute approximate surface area is 119 Å². The van der Waals surface area contributed by atoms with E-state index in [-0.39, 0.29) is 0 Å². The Hall–Kier alpha value is -0.980. The molecule has 0 heterocycles. The van der Waals surface area contributed by atoms with E-state index in [0.717, 1.165) is 12.4 Å². The summed E-state index contributed by atoms with van der Waals surface area (Å²) in [4.78, 5) is 0. The van der Waals surface area contributed by atoms with Gasteiger partial charge in [-0.15, -0.1) is 0 Å². The fraction of sp³-hybridized carbons (Fsp3) is 0.667. The van der Waals surface area contributed by atoms with E-state index < -0.39 is 0 Å². The largest absolute Gasteiger partial charge is 0.493 e. The summed E-state index contributed by atoms with van der Waals surface area (Å²) >= 11 is 0. The van der Waals surface area contributed by atoms with Crippen molar-refractivity contribution in [2.45, 2.75) is 72.1 Å². The first-order chi connectivity index (χ1) is 9.25. The summed E-state index contributed by atoms with van der Waals surface area (Å²) in [6, 6.07) is 6.33. The molecule has 1 rings (SSSR count). The molecule has 0 saturated carbocycles. The Kier molecular flexibility index (Phi) is 8.36. The summed E-state index contributed by atoms with van der Waals surface area (Å²) in [5.41, 5.74) is 2.50. The molecule has 0 N–H and O–H groups in total. The van der Waals surface area contributed by atoms with Gasteiger partial charge in [0.2, 0.25) is 0 Å². The zero-order valence-electron chi connectivity index (χ0n) is 13.0. The Morgan fingerprint density at radius 2 is 1.32 bits per heavy atom. The lowest BCUT2D eigenvalue weighted by Gasteiger charge is -2.11. The number of hydrogen-bond acceptors (Lipinski definition) is 1. The molecule has 0 amide bonds. The van der Waals surface area contributed by atoms with E-state index >= 15 is 0 Å². The molecule has 0 bridgehead atoms. The molecule has 0 aliphatic carbocycles. The van der Waals surface area contributed by atoms with Gasteiger partial charge in [-0.3, -0.25) is 0 Å². The minimum Gasteiger partial charge on any atom is -0.493 e. The summed E-state index contributed by atoms with van der Waals surface area (Å²) in [6.45, 7) is 7.37.